The van der Waals surface area contributed by atoms with Crippen molar-refractivity contribution in [3.05, 3.63) is 16.1 Å². The fourth-order valence-corrected chi connectivity index (χ4v) is 1.96. The molecule has 2 atom stereocenters. The summed E-state index contributed by atoms with van der Waals surface area (Å²) in [5.74, 6) is 1.10. The monoisotopic (exact) mass is 295 g/mol. The standard InChI is InChI=1S/C10H15Cl2N3OS/c1-6(17(3)16)5-14-10-8(12)4-7(11)9(13-2)15-10/h4,6H,5H2,1-3H3,(H2,13,14,15). The Bertz CT molecular complexity index is 428. The number of aromatic nitrogens is 1. The second-order valence-corrected chi connectivity index (χ2v) is 6.21. The topological polar surface area (TPSA) is 54.0 Å². The molecule has 17 heavy (non-hydrogen) atoms. The Balaban J connectivity index is 2.80. The molecule has 2 N–H and O–H groups in total. The summed E-state index contributed by atoms with van der Waals surface area (Å²) in [7, 11) is 0.855. The molecule has 96 valence electrons. The van der Waals surface area contributed by atoms with Crippen molar-refractivity contribution in [2.24, 2.45) is 0 Å². The van der Waals surface area contributed by atoms with Crippen molar-refractivity contribution in [1.29, 1.82) is 0 Å². The fourth-order valence-electron chi connectivity index (χ4n) is 1.12. The van der Waals surface area contributed by atoms with Gasteiger partial charge >= 0.3 is 0 Å². The maximum absolute atomic E-state index is 11.2. The van der Waals surface area contributed by atoms with Crippen molar-refractivity contribution in [3.8, 4) is 0 Å². The number of hydrogen-bond acceptors (Lipinski definition) is 4. The van der Waals surface area contributed by atoms with Gasteiger partial charge in [0.2, 0.25) is 0 Å². The van der Waals surface area contributed by atoms with Crippen molar-refractivity contribution in [3.63, 3.8) is 0 Å². The molecule has 1 rings (SSSR count). The summed E-state index contributed by atoms with van der Waals surface area (Å²) in [6.45, 7) is 2.44. The van der Waals surface area contributed by atoms with Crippen LogP contribution in [0.3, 0.4) is 0 Å². The SMILES string of the molecule is CNc1nc(NCC(C)S(C)=O)c(Cl)cc1Cl. The first kappa shape index (κ1) is 14.5. The predicted octanol–water partition coefficient (Wildman–Crippen LogP) is 2.61. The molecule has 0 saturated heterocycles. The van der Waals surface area contributed by atoms with Crippen LogP contribution in [0.25, 0.3) is 0 Å². The van der Waals surface area contributed by atoms with E-state index in [1.807, 2.05) is 6.92 Å². The highest BCUT2D eigenvalue weighted by Crippen LogP contribution is 2.28. The Morgan fingerprint density at radius 3 is 2.53 bits per heavy atom. The van der Waals surface area contributed by atoms with Gasteiger partial charge in [-0.25, -0.2) is 4.98 Å². The summed E-state index contributed by atoms with van der Waals surface area (Å²) >= 11 is 11.9. The van der Waals surface area contributed by atoms with Crippen LogP contribution in [0.5, 0.6) is 0 Å². The van der Waals surface area contributed by atoms with Crippen LogP contribution in [0.4, 0.5) is 11.6 Å². The third-order valence-corrected chi connectivity index (χ3v) is 4.17. The van der Waals surface area contributed by atoms with Crippen LogP contribution >= 0.6 is 23.2 Å². The first-order valence-electron chi connectivity index (χ1n) is 5.05. The maximum Gasteiger partial charge on any atom is 0.147 e. The lowest BCUT2D eigenvalue weighted by Gasteiger charge is -2.13. The first-order valence-corrected chi connectivity index (χ1v) is 7.43. The van der Waals surface area contributed by atoms with E-state index in [0.29, 0.717) is 28.2 Å². The average molecular weight is 296 g/mol. The normalized spacial score (nSPS) is 14.2. The van der Waals surface area contributed by atoms with Crippen LogP contribution in [-0.2, 0) is 10.8 Å². The zero-order valence-electron chi connectivity index (χ0n) is 9.88. The number of pyridine rings is 1. The highest BCUT2D eigenvalue weighted by Gasteiger charge is 2.10. The zero-order valence-corrected chi connectivity index (χ0v) is 12.2. The number of nitrogens with one attached hydrogen (secondary N) is 2. The van der Waals surface area contributed by atoms with Gasteiger partial charge in [-0.05, 0) is 13.0 Å². The second kappa shape index (κ2) is 6.42. The molecule has 2 unspecified atom stereocenters. The number of hydrogen-bond donors (Lipinski definition) is 2. The van der Waals surface area contributed by atoms with Gasteiger partial charge in [-0.1, -0.05) is 23.2 Å². The minimum Gasteiger partial charge on any atom is -0.372 e. The molecule has 1 aromatic heterocycles. The van der Waals surface area contributed by atoms with E-state index < -0.39 is 10.8 Å². The predicted molar refractivity (Wildman–Crippen MR) is 75.8 cm³/mol. The van der Waals surface area contributed by atoms with E-state index in [9.17, 15) is 4.21 Å². The van der Waals surface area contributed by atoms with Crippen molar-refractivity contribution in [2.45, 2.75) is 12.2 Å². The fraction of sp³-hybridized carbons (Fsp3) is 0.500. The van der Waals surface area contributed by atoms with Gasteiger partial charge in [0.05, 0.1) is 10.0 Å². The molecule has 0 fully saturated rings. The van der Waals surface area contributed by atoms with Gasteiger partial charge in [0.25, 0.3) is 0 Å². The van der Waals surface area contributed by atoms with Gasteiger partial charge in [0.15, 0.2) is 0 Å². The van der Waals surface area contributed by atoms with Gasteiger partial charge < -0.3 is 10.6 Å². The molecule has 0 aromatic carbocycles. The highest BCUT2D eigenvalue weighted by molar-refractivity contribution is 7.84. The number of anilines is 2. The van der Waals surface area contributed by atoms with E-state index in [1.165, 1.54) is 0 Å². The second-order valence-electron chi connectivity index (χ2n) is 3.59. The summed E-state index contributed by atoms with van der Waals surface area (Å²) in [6, 6.07) is 1.62. The molecule has 0 aliphatic rings. The highest BCUT2D eigenvalue weighted by atomic mass is 35.5. The molecule has 0 saturated carbocycles. The van der Waals surface area contributed by atoms with Crippen molar-refractivity contribution in [2.75, 3.05) is 30.5 Å². The van der Waals surface area contributed by atoms with E-state index in [1.54, 1.807) is 19.4 Å². The van der Waals surface area contributed by atoms with Crippen molar-refractivity contribution >= 4 is 45.6 Å². The Kier molecular flexibility index (Phi) is 5.49. The minimum absolute atomic E-state index is 0.0292. The van der Waals surface area contributed by atoms with E-state index in [-0.39, 0.29) is 5.25 Å². The van der Waals surface area contributed by atoms with E-state index in [2.05, 4.69) is 15.6 Å². The number of nitrogens with zero attached hydrogens (tertiary/aromatic N) is 1. The third-order valence-electron chi connectivity index (χ3n) is 2.29. The summed E-state index contributed by atoms with van der Waals surface area (Å²) in [5, 5.41) is 6.88. The number of rotatable bonds is 5. The van der Waals surface area contributed by atoms with E-state index in [0.717, 1.165) is 0 Å². The first-order chi connectivity index (χ1) is 7.95. The quantitative estimate of drug-likeness (QED) is 0.877. The van der Waals surface area contributed by atoms with Gasteiger partial charge in [-0.2, -0.15) is 0 Å². The molecule has 0 amide bonds. The summed E-state index contributed by atoms with van der Waals surface area (Å²) in [5.41, 5.74) is 0. The molecule has 0 aliphatic carbocycles. The van der Waals surface area contributed by atoms with Crippen LogP contribution in [0.1, 0.15) is 6.92 Å². The molecule has 1 aromatic rings. The van der Waals surface area contributed by atoms with Crippen LogP contribution < -0.4 is 10.6 Å². The summed E-state index contributed by atoms with van der Waals surface area (Å²) in [4.78, 5) is 4.24. The van der Waals surface area contributed by atoms with Crippen molar-refractivity contribution < 1.29 is 4.21 Å². The minimum atomic E-state index is -0.877. The molecule has 7 heteroatoms. The largest absolute Gasteiger partial charge is 0.372 e. The lowest BCUT2D eigenvalue weighted by Crippen LogP contribution is -2.21. The van der Waals surface area contributed by atoms with E-state index >= 15 is 0 Å². The van der Waals surface area contributed by atoms with Crippen LogP contribution in [-0.4, -0.2) is 34.3 Å². The van der Waals surface area contributed by atoms with Gasteiger partial charge in [-0.3, -0.25) is 4.21 Å². The van der Waals surface area contributed by atoms with E-state index in [4.69, 9.17) is 23.2 Å². The molecular weight excluding hydrogens is 281 g/mol. The third kappa shape index (κ3) is 4.01. The van der Waals surface area contributed by atoms with Gasteiger partial charge in [0, 0.05) is 35.9 Å². The van der Waals surface area contributed by atoms with Crippen LogP contribution in [0, 0.1) is 0 Å². The summed E-state index contributed by atoms with van der Waals surface area (Å²) in [6.07, 6.45) is 1.67. The Labute approximate surface area is 114 Å². The zero-order chi connectivity index (χ0) is 13.0. The number of halogens is 2. The Hall–Kier alpha value is -0.520. The van der Waals surface area contributed by atoms with Crippen LogP contribution in [0.2, 0.25) is 10.0 Å². The molecule has 0 radical (unpaired) electrons. The average Bonchev–Trinajstić information content (AvgIpc) is 2.27. The lowest BCUT2D eigenvalue weighted by molar-refractivity contribution is 0.679. The smallest absolute Gasteiger partial charge is 0.147 e. The van der Waals surface area contributed by atoms with Crippen LogP contribution in [0.15, 0.2) is 6.07 Å². The summed E-state index contributed by atoms with van der Waals surface area (Å²) < 4.78 is 11.2. The van der Waals surface area contributed by atoms with Gasteiger partial charge in [0.1, 0.15) is 11.6 Å². The molecule has 1 heterocycles. The van der Waals surface area contributed by atoms with Gasteiger partial charge in [-0.15, -0.1) is 0 Å². The molecule has 4 nitrogen and oxygen atoms in total. The lowest BCUT2D eigenvalue weighted by atomic mass is 10.4. The Morgan fingerprint density at radius 2 is 2.00 bits per heavy atom. The molecule has 0 aliphatic heterocycles. The molecule has 0 bridgehead atoms. The molecular formula is C10H15Cl2N3OS. The molecule has 0 spiro atoms. The Morgan fingerprint density at radius 1 is 1.41 bits per heavy atom. The van der Waals surface area contributed by atoms with Crippen molar-refractivity contribution in [1.82, 2.24) is 4.98 Å². The maximum atomic E-state index is 11.2.